The summed E-state index contributed by atoms with van der Waals surface area (Å²) in [6, 6.07) is -0.422. The summed E-state index contributed by atoms with van der Waals surface area (Å²) in [7, 11) is -3.47. The zero-order valence-electron chi connectivity index (χ0n) is 11.5. The second-order valence-corrected chi connectivity index (χ2v) is 7.05. The van der Waals surface area contributed by atoms with Crippen molar-refractivity contribution in [2.75, 3.05) is 12.3 Å². The molecule has 0 radical (unpaired) electrons. The molecule has 0 bridgehead atoms. The van der Waals surface area contributed by atoms with Crippen molar-refractivity contribution in [2.24, 2.45) is 0 Å². The topological polar surface area (TPSA) is 94.2 Å². The van der Waals surface area contributed by atoms with Crippen molar-refractivity contribution >= 4 is 10.0 Å². The maximum Gasteiger partial charge on any atom is 0.441 e. The molecule has 1 aliphatic heterocycles. The van der Waals surface area contributed by atoms with Gasteiger partial charge in [0.2, 0.25) is 10.0 Å². The van der Waals surface area contributed by atoms with Gasteiger partial charge in [0, 0.05) is 13.0 Å². The van der Waals surface area contributed by atoms with Crippen molar-refractivity contribution in [1.29, 1.82) is 0 Å². The molecule has 2 heterocycles. The molecule has 1 aliphatic rings. The Morgan fingerprint density at radius 2 is 2.30 bits per heavy atom. The molecule has 8 heteroatoms. The SMILES string of the molecule is C=C(C)CNS(=O)(=O)CC1CCCCc2noc(=O)n21. The Balaban J connectivity index is 2.18. The van der Waals surface area contributed by atoms with Gasteiger partial charge < -0.3 is 0 Å². The van der Waals surface area contributed by atoms with Gasteiger partial charge in [0.1, 0.15) is 0 Å². The second-order valence-electron chi connectivity index (χ2n) is 5.19. The second kappa shape index (κ2) is 5.92. The summed E-state index contributed by atoms with van der Waals surface area (Å²) in [5.74, 6) is -0.191. The van der Waals surface area contributed by atoms with E-state index in [4.69, 9.17) is 0 Å². The Labute approximate surface area is 117 Å². The third kappa shape index (κ3) is 3.57. The monoisotopic (exact) mass is 301 g/mol. The van der Waals surface area contributed by atoms with Crippen molar-refractivity contribution < 1.29 is 12.9 Å². The fourth-order valence-corrected chi connectivity index (χ4v) is 3.71. The van der Waals surface area contributed by atoms with E-state index in [-0.39, 0.29) is 12.3 Å². The molecule has 0 fully saturated rings. The van der Waals surface area contributed by atoms with Gasteiger partial charge in [-0.1, -0.05) is 23.7 Å². The van der Waals surface area contributed by atoms with E-state index in [0.717, 1.165) is 18.4 Å². The number of aryl methyl sites for hydroxylation is 1. The van der Waals surface area contributed by atoms with Gasteiger partial charge in [0.15, 0.2) is 5.82 Å². The molecule has 1 unspecified atom stereocenters. The van der Waals surface area contributed by atoms with Crippen LogP contribution in [0.2, 0.25) is 0 Å². The van der Waals surface area contributed by atoms with E-state index in [1.165, 1.54) is 4.57 Å². The van der Waals surface area contributed by atoms with E-state index < -0.39 is 21.8 Å². The molecule has 0 saturated heterocycles. The zero-order valence-corrected chi connectivity index (χ0v) is 12.3. The van der Waals surface area contributed by atoms with Gasteiger partial charge in [-0.25, -0.2) is 17.9 Å². The molecule has 1 aromatic rings. The van der Waals surface area contributed by atoms with Crippen molar-refractivity contribution in [1.82, 2.24) is 14.4 Å². The van der Waals surface area contributed by atoms with Crippen LogP contribution in [0.3, 0.4) is 0 Å². The Bertz CT molecular complexity index is 644. The van der Waals surface area contributed by atoms with Crippen LogP contribution in [-0.2, 0) is 16.4 Å². The molecule has 7 nitrogen and oxygen atoms in total. The van der Waals surface area contributed by atoms with Gasteiger partial charge >= 0.3 is 5.76 Å². The lowest BCUT2D eigenvalue weighted by atomic mass is 10.1. The minimum Gasteiger partial charge on any atom is -0.296 e. The van der Waals surface area contributed by atoms with Crippen LogP contribution >= 0.6 is 0 Å². The number of sulfonamides is 1. The highest BCUT2D eigenvalue weighted by Gasteiger charge is 2.27. The fourth-order valence-electron chi connectivity index (χ4n) is 2.31. The molecule has 1 atom stereocenters. The molecule has 20 heavy (non-hydrogen) atoms. The van der Waals surface area contributed by atoms with E-state index >= 15 is 0 Å². The minimum absolute atomic E-state index is 0.144. The highest BCUT2D eigenvalue weighted by Crippen LogP contribution is 2.22. The van der Waals surface area contributed by atoms with Crippen molar-refractivity contribution in [3.05, 3.63) is 28.5 Å². The van der Waals surface area contributed by atoms with Gasteiger partial charge in [0.05, 0.1) is 11.8 Å². The minimum atomic E-state index is -3.47. The zero-order chi connectivity index (χ0) is 14.8. The first-order valence-corrected chi connectivity index (χ1v) is 8.23. The van der Waals surface area contributed by atoms with Crippen LogP contribution in [0.5, 0.6) is 0 Å². The van der Waals surface area contributed by atoms with Crippen LogP contribution in [-0.4, -0.2) is 30.4 Å². The molecule has 0 saturated carbocycles. The molecule has 0 spiro atoms. The molecule has 1 aromatic heterocycles. The molecule has 0 aromatic carbocycles. The molecular formula is C12H19N3O4S. The van der Waals surface area contributed by atoms with Crippen LogP contribution in [0.4, 0.5) is 0 Å². The third-order valence-corrected chi connectivity index (χ3v) is 4.67. The average Bonchev–Trinajstić information content (AvgIpc) is 2.60. The van der Waals surface area contributed by atoms with Gasteiger partial charge in [-0.15, -0.1) is 0 Å². The number of hydrogen-bond acceptors (Lipinski definition) is 5. The smallest absolute Gasteiger partial charge is 0.296 e. The maximum atomic E-state index is 12.0. The highest BCUT2D eigenvalue weighted by atomic mass is 32.2. The lowest BCUT2D eigenvalue weighted by Crippen LogP contribution is -2.34. The predicted molar refractivity (Wildman–Crippen MR) is 74.0 cm³/mol. The van der Waals surface area contributed by atoms with Crippen molar-refractivity contribution in [3.63, 3.8) is 0 Å². The van der Waals surface area contributed by atoms with Gasteiger partial charge in [-0.05, 0) is 19.8 Å². The summed E-state index contributed by atoms with van der Waals surface area (Å²) in [5.41, 5.74) is 0.734. The molecule has 2 rings (SSSR count). The molecule has 1 N–H and O–H groups in total. The van der Waals surface area contributed by atoms with Crippen LogP contribution in [0, 0.1) is 0 Å². The largest absolute Gasteiger partial charge is 0.441 e. The quantitative estimate of drug-likeness (QED) is 0.804. The molecule has 0 amide bonds. The Hall–Kier alpha value is -1.41. The third-order valence-electron chi connectivity index (χ3n) is 3.26. The van der Waals surface area contributed by atoms with Crippen LogP contribution < -0.4 is 10.5 Å². The number of hydrogen-bond donors (Lipinski definition) is 1. The molecule has 112 valence electrons. The standard InChI is InChI=1S/C12H19N3O4S/c1-9(2)7-13-20(17,18)8-10-5-3-4-6-11-14-19-12(16)15(10)11/h10,13H,1,3-8H2,2H3. The summed E-state index contributed by atoms with van der Waals surface area (Å²) in [6.07, 6.45) is 3.01. The first-order valence-electron chi connectivity index (χ1n) is 6.58. The molecular weight excluding hydrogens is 282 g/mol. The first kappa shape index (κ1) is 15.0. The predicted octanol–water partition coefficient (Wildman–Crippen LogP) is 0.599. The van der Waals surface area contributed by atoms with E-state index in [2.05, 4.69) is 21.0 Å². The van der Waals surface area contributed by atoms with Crippen molar-refractivity contribution in [3.8, 4) is 0 Å². The number of fused-ring (bicyclic) bond motifs is 1. The molecule has 0 aliphatic carbocycles. The van der Waals surface area contributed by atoms with Gasteiger partial charge in [-0.3, -0.25) is 9.09 Å². The average molecular weight is 301 g/mol. The van der Waals surface area contributed by atoms with Crippen LogP contribution in [0.1, 0.15) is 38.1 Å². The van der Waals surface area contributed by atoms with E-state index in [1.54, 1.807) is 6.92 Å². The van der Waals surface area contributed by atoms with Crippen molar-refractivity contribution in [2.45, 2.75) is 38.6 Å². The lowest BCUT2D eigenvalue weighted by molar-refractivity contribution is 0.358. The van der Waals surface area contributed by atoms with E-state index in [0.29, 0.717) is 18.7 Å². The van der Waals surface area contributed by atoms with Gasteiger partial charge in [0.25, 0.3) is 0 Å². The summed E-state index contributed by atoms with van der Waals surface area (Å²) in [4.78, 5) is 11.7. The normalized spacial score (nSPS) is 19.4. The fraction of sp³-hybridized carbons (Fsp3) is 0.667. The number of nitrogens with one attached hydrogen (secondary N) is 1. The Morgan fingerprint density at radius 1 is 1.55 bits per heavy atom. The lowest BCUT2D eigenvalue weighted by Gasteiger charge is -2.16. The van der Waals surface area contributed by atoms with E-state index in [1.807, 2.05) is 0 Å². The maximum absolute atomic E-state index is 12.0. The summed E-state index contributed by atoms with van der Waals surface area (Å²) in [6.45, 7) is 5.61. The summed E-state index contributed by atoms with van der Waals surface area (Å²) >= 11 is 0. The number of aromatic nitrogens is 2. The highest BCUT2D eigenvalue weighted by molar-refractivity contribution is 7.89. The van der Waals surface area contributed by atoms with E-state index in [9.17, 15) is 13.2 Å². The van der Waals surface area contributed by atoms with Crippen LogP contribution in [0.15, 0.2) is 21.5 Å². The summed E-state index contributed by atoms with van der Waals surface area (Å²) < 4.78 is 32.6. The van der Waals surface area contributed by atoms with Gasteiger partial charge in [-0.2, -0.15) is 0 Å². The Morgan fingerprint density at radius 3 is 3.00 bits per heavy atom. The first-order chi connectivity index (χ1) is 9.39. The number of nitrogens with zero attached hydrogens (tertiary/aromatic N) is 2. The number of rotatable bonds is 5. The Kier molecular flexibility index (Phi) is 4.44. The summed E-state index contributed by atoms with van der Waals surface area (Å²) in [5, 5.41) is 3.72. The van der Waals surface area contributed by atoms with Crippen LogP contribution in [0.25, 0.3) is 0 Å².